The van der Waals surface area contributed by atoms with Gasteiger partial charge in [0.1, 0.15) is 0 Å². The average Bonchev–Trinajstić information content (AvgIpc) is 2.37. The van der Waals surface area contributed by atoms with Gasteiger partial charge < -0.3 is 9.05 Å². The molecule has 0 N–H and O–H groups in total. The molecule has 0 amide bonds. The molecule has 0 aromatic heterocycles. The second kappa shape index (κ2) is 7.90. The highest BCUT2D eigenvalue weighted by Crippen LogP contribution is 2.51. The fourth-order valence-corrected chi connectivity index (χ4v) is 5.35. The minimum absolute atomic E-state index is 0.0538. The summed E-state index contributed by atoms with van der Waals surface area (Å²) in [6.07, 6.45) is -1.42. The maximum atomic E-state index is 12.6. The lowest BCUT2D eigenvalue weighted by Crippen LogP contribution is -2.15. The van der Waals surface area contributed by atoms with E-state index < -0.39 is 24.1 Å². The van der Waals surface area contributed by atoms with Gasteiger partial charge in [-0.1, -0.05) is 12.1 Å². The van der Waals surface area contributed by atoms with E-state index in [0.717, 1.165) is 5.56 Å². The molecule has 0 saturated heterocycles. The van der Waals surface area contributed by atoms with Gasteiger partial charge in [0.05, 0.1) is 17.1 Å². The number of hydrogen-bond acceptors (Lipinski definition) is 6. The van der Waals surface area contributed by atoms with Crippen LogP contribution in [0.25, 0.3) is 0 Å². The first kappa shape index (κ1) is 20.3. The average molecular weight is 364 g/mol. The molecule has 1 rings (SSSR count). The van der Waals surface area contributed by atoms with Crippen molar-refractivity contribution in [1.29, 1.82) is 0 Å². The molecule has 132 valence electrons. The predicted octanol–water partition coefficient (Wildman–Crippen LogP) is 4.01. The molecular formula is C15H25O6PS. The summed E-state index contributed by atoms with van der Waals surface area (Å²) in [4.78, 5) is 0.0538. The van der Waals surface area contributed by atoms with Gasteiger partial charge in [-0.2, -0.15) is 8.42 Å². The van der Waals surface area contributed by atoms with E-state index in [9.17, 15) is 13.0 Å². The van der Waals surface area contributed by atoms with Gasteiger partial charge in [0.15, 0.2) is 6.35 Å². The molecular weight excluding hydrogens is 339 g/mol. The van der Waals surface area contributed by atoms with Crippen molar-refractivity contribution in [2.45, 2.75) is 58.6 Å². The van der Waals surface area contributed by atoms with Gasteiger partial charge in [0.2, 0.25) is 0 Å². The topological polar surface area (TPSA) is 78.9 Å². The van der Waals surface area contributed by atoms with Crippen molar-refractivity contribution in [1.82, 2.24) is 0 Å². The molecule has 1 aromatic rings. The van der Waals surface area contributed by atoms with Crippen LogP contribution in [0.3, 0.4) is 0 Å². The van der Waals surface area contributed by atoms with Crippen molar-refractivity contribution in [3.05, 3.63) is 29.3 Å². The van der Waals surface area contributed by atoms with Crippen LogP contribution in [0.15, 0.2) is 23.1 Å². The van der Waals surface area contributed by atoms with E-state index in [0.29, 0.717) is 5.56 Å². The first-order valence-electron chi connectivity index (χ1n) is 7.38. The van der Waals surface area contributed by atoms with Gasteiger partial charge in [-0.25, -0.2) is 0 Å². The summed E-state index contributed by atoms with van der Waals surface area (Å²) in [5.41, 5.74) is 1.35. The second-order valence-corrected chi connectivity index (χ2v) is 9.37. The largest absolute Gasteiger partial charge is 0.358 e. The quantitative estimate of drug-likeness (QED) is 0.512. The van der Waals surface area contributed by atoms with E-state index in [4.69, 9.17) is 13.2 Å². The Morgan fingerprint density at radius 3 is 2.04 bits per heavy atom. The predicted molar refractivity (Wildman–Crippen MR) is 89.1 cm³/mol. The van der Waals surface area contributed by atoms with Crippen LogP contribution in [-0.2, 0) is 27.9 Å². The highest BCUT2D eigenvalue weighted by Gasteiger charge is 2.32. The van der Waals surface area contributed by atoms with Crippen LogP contribution in [0.2, 0.25) is 0 Å². The molecule has 0 unspecified atom stereocenters. The molecule has 0 heterocycles. The maximum Gasteiger partial charge on any atom is 0.358 e. The summed E-state index contributed by atoms with van der Waals surface area (Å²) in [5, 5.41) is 0. The lowest BCUT2D eigenvalue weighted by Gasteiger charge is -2.22. The van der Waals surface area contributed by atoms with Crippen molar-refractivity contribution in [2.75, 3.05) is 6.35 Å². The molecule has 0 aliphatic heterocycles. The van der Waals surface area contributed by atoms with Crippen LogP contribution in [0.5, 0.6) is 0 Å². The third-order valence-electron chi connectivity index (χ3n) is 2.72. The van der Waals surface area contributed by atoms with E-state index >= 15 is 0 Å². The molecule has 0 aliphatic carbocycles. The summed E-state index contributed by atoms with van der Waals surface area (Å²) >= 11 is 0. The van der Waals surface area contributed by atoms with Gasteiger partial charge in [0, 0.05) is 0 Å². The molecule has 6 nitrogen and oxygen atoms in total. The zero-order valence-corrected chi connectivity index (χ0v) is 16.1. The Labute approximate surface area is 138 Å². The van der Waals surface area contributed by atoms with Crippen LogP contribution in [-0.4, -0.2) is 27.0 Å². The first-order chi connectivity index (χ1) is 10.4. The highest BCUT2D eigenvalue weighted by molar-refractivity contribution is 7.87. The summed E-state index contributed by atoms with van der Waals surface area (Å²) < 4.78 is 52.9. The van der Waals surface area contributed by atoms with E-state index in [1.54, 1.807) is 47.6 Å². The van der Waals surface area contributed by atoms with Crippen molar-refractivity contribution in [3.8, 4) is 0 Å². The number of hydrogen-bond donors (Lipinski definition) is 0. The fraction of sp³-hybridized carbons (Fsp3) is 0.600. The third kappa shape index (κ3) is 6.36. The van der Waals surface area contributed by atoms with Crippen molar-refractivity contribution < 1.29 is 26.2 Å². The Balaban J connectivity index is 2.99. The Morgan fingerprint density at radius 2 is 1.57 bits per heavy atom. The summed E-state index contributed by atoms with van der Waals surface area (Å²) in [7, 11) is -7.73. The minimum atomic E-state index is -4.05. The Bertz CT molecular complexity index is 667. The van der Waals surface area contributed by atoms with Crippen molar-refractivity contribution in [2.24, 2.45) is 0 Å². The normalized spacial score (nSPS) is 13.0. The highest BCUT2D eigenvalue weighted by atomic mass is 32.2. The molecule has 0 saturated carbocycles. The smallest absolute Gasteiger partial charge is 0.304 e. The molecule has 1 aromatic carbocycles. The number of benzene rings is 1. The van der Waals surface area contributed by atoms with Crippen LogP contribution < -0.4 is 0 Å². The molecule has 0 aliphatic rings. The number of aryl methyl sites for hydroxylation is 2. The molecule has 23 heavy (non-hydrogen) atoms. The zero-order valence-electron chi connectivity index (χ0n) is 14.4. The van der Waals surface area contributed by atoms with Gasteiger partial charge in [0.25, 0.3) is 10.1 Å². The third-order valence-corrected chi connectivity index (χ3v) is 6.23. The first-order valence-corrected chi connectivity index (χ1v) is 10.5. The molecule has 0 fully saturated rings. The van der Waals surface area contributed by atoms with Crippen LogP contribution in [0, 0.1) is 13.8 Å². The molecule has 8 heteroatoms. The molecule has 0 radical (unpaired) electrons. The number of rotatable bonds is 8. The Kier molecular flexibility index (Phi) is 6.98. The van der Waals surface area contributed by atoms with E-state index in [-0.39, 0.29) is 17.1 Å². The lowest BCUT2D eigenvalue weighted by atomic mass is 10.2. The SMILES string of the molecule is Cc1ccc(C)c(S(=O)(=O)OCP(=O)(OC(C)C)OC(C)C)c1. The maximum absolute atomic E-state index is 12.6. The Morgan fingerprint density at radius 1 is 1.04 bits per heavy atom. The summed E-state index contributed by atoms with van der Waals surface area (Å²) in [6, 6.07) is 5.02. The van der Waals surface area contributed by atoms with Crippen molar-refractivity contribution in [3.63, 3.8) is 0 Å². The van der Waals surface area contributed by atoms with Gasteiger partial charge in [-0.05, 0) is 58.7 Å². The van der Waals surface area contributed by atoms with Crippen LogP contribution in [0.1, 0.15) is 38.8 Å². The standard InChI is InChI=1S/C15H25O6PS/c1-11(2)20-22(16,21-12(3)4)10-19-23(17,18)15-9-13(5)7-8-14(15)6/h7-9,11-12H,10H2,1-6H3. The van der Waals surface area contributed by atoms with Gasteiger partial charge >= 0.3 is 7.60 Å². The van der Waals surface area contributed by atoms with Crippen molar-refractivity contribution >= 4 is 17.7 Å². The van der Waals surface area contributed by atoms with Gasteiger partial charge in [-0.15, -0.1) is 0 Å². The van der Waals surface area contributed by atoms with E-state index in [2.05, 4.69) is 0 Å². The van der Waals surface area contributed by atoms with E-state index in [1.807, 2.05) is 6.07 Å². The van der Waals surface area contributed by atoms with Crippen LogP contribution >= 0.6 is 7.60 Å². The molecule has 0 atom stereocenters. The molecule has 0 spiro atoms. The second-order valence-electron chi connectivity index (χ2n) is 5.89. The zero-order chi connectivity index (χ0) is 17.8. The summed E-state index contributed by atoms with van der Waals surface area (Å²) in [6.45, 7) is 10.2. The summed E-state index contributed by atoms with van der Waals surface area (Å²) in [5.74, 6) is 0. The molecule has 0 bridgehead atoms. The Hall–Kier alpha value is -0.720. The monoisotopic (exact) mass is 364 g/mol. The minimum Gasteiger partial charge on any atom is -0.304 e. The fourth-order valence-electron chi connectivity index (χ4n) is 1.90. The van der Waals surface area contributed by atoms with E-state index in [1.165, 1.54) is 6.07 Å². The van der Waals surface area contributed by atoms with Crippen LogP contribution in [0.4, 0.5) is 0 Å². The lowest BCUT2D eigenvalue weighted by molar-refractivity contribution is 0.129. The van der Waals surface area contributed by atoms with Gasteiger partial charge in [-0.3, -0.25) is 8.75 Å².